The smallest absolute Gasteiger partial charge is 0.123 e. The van der Waals surface area contributed by atoms with Crippen LogP contribution >= 0.6 is 0 Å². The van der Waals surface area contributed by atoms with E-state index in [1.807, 2.05) is 96.1 Å². The van der Waals surface area contributed by atoms with E-state index in [9.17, 15) is 81.7 Å². The third kappa shape index (κ3) is 17.8. The van der Waals surface area contributed by atoms with E-state index >= 15 is 0 Å². The molecule has 0 atom stereocenters. The van der Waals surface area contributed by atoms with Crippen LogP contribution in [0.15, 0.2) is 218 Å². The normalized spacial score (nSPS) is 11.1. The maximum Gasteiger partial charge on any atom is 0.123 e. The highest BCUT2D eigenvalue weighted by Crippen LogP contribution is 2.49. The number of aromatic hydroxyl groups is 16. The number of benzene rings is 12. The molecule has 0 amide bonds. The Hall–Kier alpha value is -12.6. The van der Waals surface area contributed by atoms with Gasteiger partial charge in [-0.1, -0.05) is 154 Å². The highest BCUT2D eigenvalue weighted by Gasteiger charge is 2.30. The zero-order valence-electron chi connectivity index (χ0n) is 59.2. The second-order valence-electron chi connectivity index (χ2n) is 26.6. The van der Waals surface area contributed by atoms with Gasteiger partial charge in [0.2, 0.25) is 0 Å². The number of hydrogen-bond donors (Lipinski definition) is 16. The lowest BCUT2D eigenvalue weighted by molar-refractivity contribution is 0.438. The summed E-state index contributed by atoms with van der Waals surface area (Å²) in [6, 6.07) is 59.8. The summed E-state index contributed by atoms with van der Waals surface area (Å²) in [6.07, 6.45) is 2.04. The van der Waals surface area contributed by atoms with Crippen molar-refractivity contribution in [3.8, 4) is 92.0 Å². The van der Waals surface area contributed by atoms with E-state index in [2.05, 4.69) is 39.0 Å². The quantitative estimate of drug-likeness (QED) is 0.0424. The fourth-order valence-corrected chi connectivity index (χ4v) is 13.4. The van der Waals surface area contributed by atoms with E-state index in [4.69, 9.17) is 0 Å². The first-order valence-corrected chi connectivity index (χ1v) is 33.9. The Morgan fingerprint density at radius 3 is 0.750 bits per heavy atom. The summed E-state index contributed by atoms with van der Waals surface area (Å²) in [4.78, 5) is 0. The molecule has 0 aliphatic rings. The molecule has 0 fully saturated rings. The number of phenols is 16. The summed E-state index contributed by atoms with van der Waals surface area (Å²) in [7, 11) is 0. The first-order valence-electron chi connectivity index (χ1n) is 33.9. The molecule has 0 bridgehead atoms. The SMILES string of the molecule is CC(C)c1ccc(C(c2ccc(O)cc2O)c2ccc(O)cc2O)cc1.CCCc1ccc(C(c2ccc(O)cc2O)c2ccc(O)cc2O)cc1.Cc1cc(C)c(C(c2ccc(O)cc2O)c2ccc(O)cc2O)c(C)c1.Cc1cc(C)c(C(c2ccc(O)cc2O)c2ccc(O)cc2O)cc1C. The Morgan fingerprint density at radius 2 is 0.481 bits per heavy atom. The Labute approximate surface area is 605 Å². The van der Waals surface area contributed by atoms with Gasteiger partial charge in [0, 0.05) is 117 Å². The second-order valence-corrected chi connectivity index (χ2v) is 26.6. The predicted molar refractivity (Wildman–Crippen MR) is 404 cm³/mol. The largest absolute Gasteiger partial charge is 0.508 e. The van der Waals surface area contributed by atoms with Gasteiger partial charge < -0.3 is 81.7 Å². The van der Waals surface area contributed by atoms with E-state index in [0.29, 0.717) is 50.4 Å². The lowest BCUT2D eigenvalue weighted by atomic mass is 9.79. The predicted octanol–water partition coefficient (Wildman–Crippen LogP) is 18.7. The van der Waals surface area contributed by atoms with Crippen molar-refractivity contribution in [1.82, 2.24) is 0 Å². The zero-order valence-corrected chi connectivity index (χ0v) is 59.2. The average Bonchev–Trinajstić information content (AvgIpc) is 0.778. The van der Waals surface area contributed by atoms with Gasteiger partial charge in [-0.15, -0.1) is 0 Å². The Kier molecular flexibility index (Phi) is 23.9. The van der Waals surface area contributed by atoms with Gasteiger partial charge in [-0.05, 0) is 164 Å². The number of rotatable bonds is 15. The fourth-order valence-electron chi connectivity index (χ4n) is 13.4. The minimum absolute atomic E-state index is 0.0294. The molecule has 16 nitrogen and oxygen atoms in total. The molecular weight excluding hydrogens is 1310 g/mol. The Morgan fingerprint density at radius 1 is 0.231 bits per heavy atom. The summed E-state index contributed by atoms with van der Waals surface area (Å²) in [6.45, 7) is 18.4. The molecule has 104 heavy (non-hydrogen) atoms. The van der Waals surface area contributed by atoms with Crippen molar-refractivity contribution in [2.24, 2.45) is 0 Å². The molecule has 0 unspecified atom stereocenters. The van der Waals surface area contributed by atoms with Crippen LogP contribution in [0.1, 0.15) is 168 Å². The van der Waals surface area contributed by atoms with E-state index in [1.54, 1.807) is 48.5 Å². The molecule has 536 valence electrons. The van der Waals surface area contributed by atoms with Crippen LogP contribution < -0.4 is 0 Å². The molecule has 0 aliphatic heterocycles. The van der Waals surface area contributed by atoms with Crippen molar-refractivity contribution >= 4 is 0 Å². The second kappa shape index (κ2) is 32.8. The van der Waals surface area contributed by atoms with E-state index in [1.165, 1.54) is 108 Å². The van der Waals surface area contributed by atoms with E-state index < -0.39 is 23.7 Å². The minimum atomic E-state index is -0.449. The topological polar surface area (TPSA) is 324 Å². The maximum absolute atomic E-state index is 10.5. The summed E-state index contributed by atoms with van der Waals surface area (Å²) >= 11 is 0. The lowest BCUT2D eigenvalue weighted by Gasteiger charge is -2.25. The van der Waals surface area contributed by atoms with Crippen molar-refractivity contribution < 1.29 is 81.7 Å². The van der Waals surface area contributed by atoms with Gasteiger partial charge in [0.05, 0.1) is 0 Å². The summed E-state index contributed by atoms with van der Waals surface area (Å²) < 4.78 is 0. The van der Waals surface area contributed by atoms with Crippen LogP contribution in [0.25, 0.3) is 0 Å². The molecule has 0 saturated carbocycles. The molecule has 12 aromatic carbocycles. The van der Waals surface area contributed by atoms with Gasteiger partial charge in [0.15, 0.2) is 0 Å². The first kappa shape index (κ1) is 75.6. The van der Waals surface area contributed by atoms with E-state index in [0.717, 1.165) is 68.5 Å². The van der Waals surface area contributed by atoms with Crippen LogP contribution in [0.3, 0.4) is 0 Å². The van der Waals surface area contributed by atoms with Crippen molar-refractivity contribution in [3.05, 3.63) is 330 Å². The third-order valence-corrected chi connectivity index (χ3v) is 18.6. The molecular formula is C88H88O16. The van der Waals surface area contributed by atoms with Crippen molar-refractivity contribution in [2.75, 3.05) is 0 Å². The highest BCUT2D eigenvalue weighted by molar-refractivity contribution is 5.62. The fraction of sp³-hybridized carbons (Fsp3) is 0.182. The van der Waals surface area contributed by atoms with E-state index in [-0.39, 0.29) is 92.0 Å². The monoisotopic (exact) mass is 1400 g/mol. The molecule has 0 radical (unpaired) electrons. The first-order chi connectivity index (χ1) is 49.4. The van der Waals surface area contributed by atoms with Crippen LogP contribution in [0, 0.1) is 41.5 Å². The number of hydrogen-bond acceptors (Lipinski definition) is 16. The number of aryl methyl sites for hydroxylation is 7. The molecule has 0 spiro atoms. The highest BCUT2D eigenvalue weighted by atomic mass is 16.3. The molecule has 0 saturated heterocycles. The molecule has 16 heteroatoms. The van der Waals surface area contributed by atoms with Crippen LogP contribution in [0.2, 0.25) is 0 Å². The standard InChI is InChI=1S/4C22H22O4/c1-12-8-14(3)19(9-13(12)2)22(17-6-4-15(23)10-20(17)25)18-7-5-16(24)11-21(18)26;1-12-8-13(2)21(14(3)9-12)22(17-6-4-15(23)10-19(17)25)18-7-5-16(24)11-20(18)26;1-13(2)14-3-5-15(6-4-14)22(18-9-7-16(23)11-20(18)25)19-10-8-17(24)12-21(19)26;1-2-3-14-4-6-15(7-5-14)22(18-10-8-16(23)12-20(18)25)19-11-9-17(24)13-21(19)26/h2*4-11,22-26H,1-3H3;3-13,22-26H,1-2H3;4-13,22-26H,2-3H2,1H3. The summed E-state index contributed by atoms with van der Waals surface area (Å²) in [5, 5.41) is 160. The molecule has 12 rings (SSSR count). The summed E-state index contributed by atoms with van der Waals surface area (Å²) in [5.74, 6) is -2.08. The average molecular weight is 1400 g/mol. The van der Waals surface area contributed by atoms with Gasteiger partial charge in [-0.3, -0.25) is 0 Å². The van der Waals surface area contributed by atoms with Crippen LogP contribution in [-0.4, -0.2) is 81.7 Å². The maximum atomic E-state index is 10.5. The molecule has 0 aromatic heterocycles. The van der Waals surface area contributed by atoms with Gasteiger partial charge in [0.1, 0.15) is 92.0 Å². The Bertz CT molecular complexity index is 4790. The third-order valence-electron chi connectivity index (χ3n) is 18.6. The van der Waals surface area contributed by atoms with Crippen LogP contribution in [0.4, 0.5) is 0 Å². The van der Waals surface area contributed by atoms with Crippen molar-refractivity contribution in [1.29, 1.82) is 0 Å². The van der Waals surface area contributed by atoms with Gasteiger partial charge in [-0.25, -0.2) is 0 Å². The van der Waals surface area contributed by atoms with Gasteiger partial charge in [0.25, 0.3) is 0 Å². The molecule has 12 aromatic rings. The molecule has 0 aliphatic carbocycles. The Balaban J connectivity index is 0.000000161. The molecule has 0 heterocycles. The molecule has 16 N–H and O–H groups in total. The lowest BCUT2D eigenvalue weighted by Crippen LogP contribution is -2.08. The van der Waals surface area contributed by atoms with Crippen LogP contribution in [-0.2, 0) is 6.42 Å². The van der Waals surface area contributed by atoms with Crippen molar-refractivity contribution in [3.63, 3.8) is 0 Å². The minimum Gasteiger partial charge on any atom is -0.508 e. The zero-order chi connectivity index (χ0) is 75.5. The van der Waals surface area contributed by atoms with Crippen molar-refractivity contribution in [2.45, 2.75) is 105 Å². The van der Waals surface area contributed by atoms with Crippen LogP contribution in [0.5, 0.6) is 92.0 Å². The summed E-state index contributed by atoms with van der Waals surface area (Å²) in [5.41, 5.74) is 17.1. The van der Waals surface area contributed by atoms with Gasteiger partial charge >= 0.3 is 0 Å². The number of phenolic OH excluding ortho intramolecular Hbond substituents is 16. The van der Waals surface area contributed by atoms with Gasteiger partial charge in [-0.2, -0.15) is 0 Å².